The van der Waals surface area contributed by atoms with Gasteiger partial charge in [-0.1, -0.05) is 31.2 Å². The number of rotatable bonds is 5. The molecule has 0 radical (unpaired) electrons. The molecule has 1 N–H and O–H groups in total. The van der Waals surface area contributed by atoms with Gasteiger partial charge in [-0.05, 0) is 60.3 Å². The van der Waals surface area contributed by atoms with Crippen molar-refractivity contribution in [3.8, 4) is 16.9 Å². The van der Waals surface area contributed by atoms with Gasteiger partial charge in [-0.15, -0.1) is 0 Å². The molecule has 1 atom stereocenters. The van der Waals surface area contributed by atoms with Crippen LogP contribution < -0.4 is 10.1 Å². The number of benzene rings is 2. The molecule has 2 heteroatoms. The van der Waals surface area contributed by atoms with Gasteiger partial charge < -0.3 is 10.1 Å². The van der Waals surface area contributed by atoms with E-state index < -0.39 is 0 Å². The third-order valence-corrected chi connectivity index (χ3v) is 3.91. The van der Waals surface area contributed by atoms with E-state index in [0.717, 1.165) is 25.3 Å². The second-order valence-corrected chi connectivity index (χ2v) is 5.83. The topological polar surface area (TPSA) is 21.3 Å². The van der Waals surface area contributed by atoms with E-state index in [4.69, 9.17) is 4.74 Å². The fraction of sp³-hybridized carbons (Fsp3) is 0.368. The molecular formula is C19H23NO. The van der Waals surface area contributed by atoms with Crippen molar-refractivity contribution in [3.05, 3.63) is 53.6 Å². The average Bonchev–Trinajstić information content (AvgIpc) is 2.87. The Labute approximate surface area is 127 Å². The van der Waals surface area contributed by atoms with E-state index in [9.17, 15) is 0 Å². The molecule has 0 bridgehead atoms. The van der Waals surface area contributed by atoms with Crippen molar-refractivity contribution < 1.29 is 4.74 Å². The summed E-state index contributed by atoms with van der Waals surface area (Å²) in [6.45, 7) is 6.32. The van der Waals surface area contributed by atoms with E-state index in [1.165, 1.54) is 28.7 Å². The highest BCUT2D eigenvalue weighted by atomic mass is 16.5. The van der Waals surface area contributed by atoms with Gasteiger partial charge in [0.25, 0.3) is 0 Å². The van der Waals surface area contributed by atoms with Gasteiger partial charge in [-0.3, -0.25) is 0 Å². The maximum atomic E-state index is 5.78. The Bertz CT molecular complexity index is 621. The molecule has 0 saturated carbocycles. The van der Waals surface area contributed by atoms with Crippen molar-refractivity contribution in [2.45, 2.75) is 39.3 Å². The number of ether oxygens (including phenoxy) is 1. The largest absolute Gasteiger partial charge is 0.490 e. The second-order valence-electron chi connectivity index (χ2n) is 5.83. The highest BCUT2D eigenvalue weighted by Gasteiger charge is 2.19. The summed E-state index contributed by atoms with van der Waals surface area (Å²) in [6, 6.07) is 15.3. The molecule has 3 rings (SSSR count). The van der Waals surface area contributed by atoms with Gasteiger partial charge >= 0.3 is 0 Å². The molecule has 1 heterocycles. The third-order valence-electron chi connectivity index (χ3n) is 3.91. The van der Waals surface area contributed by atoms with Crippen LogP contribution in [0.1, 0.15) is 31.4 Å². The Hall–Kier alpha value is -1.80. The summed E-state index contributed by atoms with van der Waals surface area (Å²) >= 11 is 0. The lowest BCUT2D eigenvalue weighted by atomic mass is 9.99. The minimum atomic E-state index is 0.305. The van der Waals surface area contributed by atoms with Crippen molar-refractivity contribution in [3.63, 3.8) is 0 Å². The van der Waals surface area contributed by atoms with Crippen LogP contribution in [0.25, 0.3) is 11.1 Å². The lowest BCUT2D eigenvalue weighted by Gasteiger charge is -2.08. The van der Waals surface area contributed by atoms with Crippen LogP contribution in [0.2, 0.25) is 0 Å². The SMILES string of the molecule is CCCNCc1cccc(-c2ccc3c(c2)CC(C)O3)c1. The van der Waals surface area contributed by atoms with Crippen LogP contribution in [0.5, 0.6) is 5.75 Å². The number of nitrogens with one attached hydrogen (secondary N) is 1. The first-order valence-corrected chi connectivity index (χ1v) is 7.86. The predicted octanol–water partition coefficient (Wildman–Crippen LogP) is 4.18. The normalized spacial score (nSPS) is 16.6. The Morgan fingerprint density at radius 2 is 2.00 bits per heavy atom. The third kappa shape index (κ3) is 3.27. The second kappa shape index (κ2) is 6.31. The predicted molar refractivity (Wildman–Crippen MR) is 87.7 cm³/mol. The zero-order valence-electron chi connectivity index (χ0n) is 12.9. The summed E-state index contributed by atoms with van der Waals surface area (Å²) in [4.78, 5) is 0. The molecule has 0 saturated heterocycles. The molecule has 2 nitrogen and oxygen atoms in total. The van der Waals surface area contributed by atoms with Gasteiger partial charge in [-0.25, -0.2) is 0 Å². The highest BCUT2D eigenvalue weighted by molar-refractivity contribution is 5.66. The zero-order chi connectivity index (χ0) is 14.7. The molecule has 1 aliphatic rings. The maximum absolute atomic E-state index is 5.78. The molecule has 1 unspecified atom stereocenters. The molecule has 0 aliphatic carbocycles. The van der Waals surface area contributed by atoms with E-state index in [2.05, 4.69) is 61.6 Å². The standard InChI is InChI=1S/C19H23NO/c1-3-9-20-13-15-5-4-6-16(11-15)17-7-8-19-18(12-17)10-14(2)21-19/h4-8,11-12,14,20H,3,9-10,13H2,1-2H3. The fourth-order valence-corrected chi connectivity index (χ4v) is 2.87. The molecule has 21 heavy (non-hydrogen) atoms. The molecule has 0 aromatic heterocycles. The van der Waals surface area contributed by atoms with E-state index in [1.807, 2.05) is 0 Å². The van der Waals surface area contributed by atoms with Gasteiger partial charge in [-0.2, -0.15) is 0 Å². The molecule has 2 aromatic rings. The maximum Gasteiger partial charge on any atom is 0.123 e. The van der Waals surface area contributed by atoms with Crippen LogP contribution in [0, 0.1) is 0 Å². The fourth-order valence-electron chi connectivity index (χ4n) is 2.87. The van der Waals surface area contributed by atoms with Crippen molar-refractivity contribution >= 4 is 0 Å². The first kappa shape index (κ1) is 14.2. The van der Waals surface area contributed by atoms with Crippen molar-refractivity contribution in [2.24, 2.45) is 0 Å². The van der Waals surface area contributed by atoms with Crippen molar-refractivity contribution in [1.29, 1.82) is 0 Å². The monoisotopic (exact) mass is 281 g/mol. The van der Waals surface area contributed by atoms with Crippen LogP contribution >= 0.6 is 0 Å². The van der Waals surface area contributed by atoms with Crippen LogP contribution in [0.15, 0.2) is 42.5 Å². The van der Waals surface area contributed by atoms with Crippen molar-refractivity contribution in [1.82, 2.24) is 5.32 Å². The molecular weight excluding hydrogens is 258 g/mol. The highest BCUT2D eigenvalue weighted by Crippen LogP contribution is 2.33. The summed E-state index contributed by atoms with van der Waals surface area (Å²) in [5, 5.41) is 3.46. The van der Waals surface area contributed by atoms with Crippen LogP contribution in [0.4, 0.5) is 0 Å². The van der Waals surface area contributed by atoms with E-state index in [0.29, 0.717) is 6.10 Å². The Kier molecular flexibility index (Phi) is 4.26. The van der Waals surface area contributed by atoms with Gasteiger partial charge in [0, 0.05) is 13.0 Å². The lowest BCUT2D eigenvalue weighted by molar-refractivity contribution is 0.254. The van der Waals surface area contributed by atoms with Crippen LogP contribution in [-0.4, -0.2) is 12.6 Å². The summed E-state index contributed by atoms with van der Waals surface area (Å²) < 4.78 is 5.78. The van der Waals surface area contributed by atoms with E-state index in [1.54, 1.807) is 0 Å². The summed E-state index contributed by atoms with van der Waals surface area (Å²) in [5.41, 5.74) is 5.23. The molecule has 1 aliphatic heterocycles. The van der Waals surface area contributed by atoms with Gasteiger partial charge in [0.05, 0.1) is 0 Å². The van der Waals surface area contributed by atoms with E-state index >= 15 is 0 Å². The minimum Gasteiger partial charge on any atom is -0.490 e. The zero-order valence-corrected chi connectivity index (χ0v) is 12.9. The molecule has 0 amide bonds. The Balaban J connectivity index is 1.81. The van der Waals surface area contributed by atoms with Gasteiger partial charge in [0.15, 0.2) is 0 Å². The average molecular weight is 281 g/mol. The molecule has 2 aromatic carbocycles. The number of fused-ring (bicyclic) bond motifs is 1. The molecule has 0 spiro atoms. The summed E-state index contributed by atoms with van der Waals surface area (Å²) in [6.07, 6.45) is 2.49. The van der Waals surface area contributed by atoms with Crippen LogP contribution in [0.3, 0.4) is 0 Å². The van der Waals surface area contributed by atoms with Crippen molar-refractivity contribution in [2.75, 3.05) is 6.54 Å². The summed E-state index contributed by atoms with van der Waals surface area (Å²) in [7, 11) is 0. The van der Waals surface area contributed by atoms with Gasteiger partial charge in [0.2, 0.25) is 0 Å². The first-order valence-electron chi connectivity index (χ1n) is 7.86. The smallest absolute Gasteiger partial charge is 0.123 e. The van der Waals surface area contributed by atoms with E-state index in [-0.39, 0.29) is 0 Å². The lowest BCUT2D eigenvalue weighted by Crippen LogP contribution is -2.13. The Morgan fingerprint density at radius 3 is 2.86 bits per heavy atom. The molecule has 0 fully saturated rings. The van der Waals surface area contributed by atoms with Crippen LogP contribution in [-0.2, 0) is 13.0 Å². The quantitative estimate of drug-likeness (QED) is 0.830. The first-order chi connectivity index (χ1) is 10.3. The summed E-state index contributed by atoms with van der Waals surface area (Å²) in [5.74, 6) is 1.05. The minimum absolute atomic E-state index is 0.305. The number of hydrogen-bond donors (Lipinski definition) is 1. The Morgan fingerprint density at radius 1 is 1.14 bits per heavy atom. The number of hydrogen-bond acceptors (Lipinski definition) is 2. The van der Waals surface area contributed by atoms with Gasteiger partial charge in [0.1, 0.15) is 11.9 Å². The molecule has 110 valence electrons.